The number of nitrogens with one attached hydrogen (secondary N) is 2. The van der Waals surface area contributed by atoms with Crippen LogP contribution in [0, 0.1) is 0 Å². The molecule has 1 atom stereocenters. The van der Waals surface area contributed by atoms with Crippen LogP contribution in [0.1, 0.15) is 48.9 Å². The predicted molar refractivity (Wildman–Crippen MR) is 121 cm³/mol. The molecule has 2 N–H and O–H groups in total. The highest BCUT2D eigenvalue weighted by atomic mass is 32.1. The lowest BCUT2D eigenvalue weighted by atomic mass is 9.98. The Morgan fingerprint density at radius 1 is 1.19 bits per heavy atom. The van der Waals surface area contributed by atoms with Gasteiger partial charge in [0.15, 0.2) is 0 Å². The normalized spacial score (nSPS) is 12.3. The topological polar surface area (TPSA) is 90.3 Å². The standard InChI is InChI=1S/C22H29N5O3S/c1-22(2,3)20-25-15(13-31-20)12-24-21(28)26-18(19-23-7-8-27(19)4)14-9-16(29-5)11-17(10-14)30-6/h7-11,13,18H,12H2,1-6H3,(H2,24,26,28). The molecule has 2 amide bonds. The van der Waals surface area contributed by atoms with Gasteiger partial charge in [0.25, 0.3) is 0 Å². The summed E-state index contributed by atoms with van der Waals surface area (Å²) < 4.78 is 12.7. The Balaban J connectivity index is 1.79. The minimum absolute atomic E-state index is 0.0140. The average molecular weight is 444 g/mol. The summed E-state index contributed by atoms with van der Waals surface area (Å²) in [5, 5.41) is 8.93. The number of aromatic nitrogens is 3. The molecule has 31 heavy (non-hydrogen) atoms. The molecule has 0 saturated heterocycles. The molecule has 0 saturated carbocycles. The number of methoxy groups -OCH3 is 2. The maximum Gasteiger partial charge on any atom is 0.315 e. The van der Waals surface area contributed by atoms with E-state index in [1.807, 2.05) is 35.3 Å². The second-order valence-electron chi connectivity index (χ2n) is 8.20. The maximum atomic E-state index is 12.8. The van der Waals surface area contributed by atoms with Crippen molar-refractivity contribution in [3.63, 3.8) is 0 Å². The number of hydrogen-bond donors (Lipinski definition) is 2. The van der Waals surface area contributed by atoms with Gasteiger partial charge in [-0.1, -0.05) is 20.8 Å². The lowest BCUT2D eigenvalue weighted by molar-refractivity contribution is 0.237. The first-order chi connectivity index (χ1) is 14.7. The number of hydrogen-bond acceptors (Lipinski definition) is 6. The van der Waals surface area contributed by atoms with Gasteiger partial charge in [-0.2, -0.15) is 0 Å². The third kappa shape index (κ3) is 5.55. The molecule has 2 aromatic heterocycles. The van der Waals surface area contributed by atoms with Crippen molar-refractivity contribution >= 4 is 17.4 Å². The molecule has 0 fully saturated rings. The van der Waals surface area contributed by atoms with Crippen molar-refractivity contribution in [2.75, 3.05) is 14.2 Å². The number of aryl methyl sites for hydroxylation is 1. The Morgan fingerprint density at radius 3 is 2.39 bits per heavy atom. The Kier molecular flexibility index (Phi) is 6.84. The molecule has 2 heterocycles. The van der Waals surface area contributed by atoms with E-state index in [0.717, 1.165) is 16.3 Å². The Labute approximate surface area is 186 Å². The summed E-state index contributed by atoms with van der Waals surface area (Å²) in [5.74, 6) is 1.95. The second kappa shape index (κ2) is 9.38. The van der Waals surface area contributed by atoms with Gasteiger partial charge in [0.05, 0.1) is 31.5 Å². The Hall–Kier alpha value is -3.07. The van der Waals surface area contributed by atoms with E-state index in [9.17, 15) is 4.79 Å². The van der Waals surface area contributed by atoms with Gasteiger partial charge in [0.1, 0.15) is 23.4 Å². The largest absolute Gasteiger partial charge is 0.497 e. The number of ether oxygens (including phenoxy) is 2. The minimum atomic E-state index is -0.496. The van der Waals surface area contributed by atoms with Crippen molar-refractivity contribution < 1.29 is 14.3 Å². The van der Waals surface area contributed by atoms with Gasteiger partial charge in [-0.15, -0.1) is 11.3 Å². The van der Waals surface area contributed by atoms with Crippen molar-refractivity contribution in [2.24, 2.45) is 7.05 Å². The first-order valence-corrected chi connectivity index (χ1v) is 10.8. The van der Waals surface area contributed by atoms with Crippen LogP contribution in [0.25, 0.3) is 0 Å². The molecular weight excluding hydrogens is 414 g/mol. The van der Waals surface area contributed by atoms with Crippen molar-refractivity contribution in [1.29, 1.82) is 0 Å². The molecule has 0 aliphatic heterocycles. The monoisotopic (exact) mass is 443 g/mol. The zero-order chi connectivity index (χ0) is 22.6. The van der Waals surface area contributed by atoms with Crippen molar-refractivity contribution in [3.8, 4) is 11.5 Å². The summed E-state index contributed by atoms with van der Waals surface area (Å²) >= 11 is 1.60. The summed E-state index contributed by atoms with van der Waals surface area (Å²) in [4.78, 5) is 21.8. The molecular formula is C22H29N5O3S. The lowest BCUT2D eigenvalue weighted by Gasteiger charge is -2.20. The van der Waals surface area contributed by atoms with Crippen LogP contribution in [0.4, 0.5) is 4.79 Å². The van der Waals surface area contributed by atoms with Crippen LogP contribution in [0.5, 0.6) is 11.5 Å². The minimum Gasteiger partial charge on any atom is -0.497 e. The van der Waals surface area contributed by atoms with Gasteiger partial charge in [-0.25, -0.2) is 14.8 Å². The highest BCUT2D eigenvalue weighted by molar-refractivity contribution is 7.09. The molecule has 0 bridgehead atoms. The SMILES string of the molecule is COc1cc(OC)cc(C(NC(=O)NCc2csc(C(C)(C)C)n2)c2nccn2C)c1. The number of amides is 2. The Bertz CT molecular complexity index is 1020. The second-order valence-corrected chi connectivity index (χ2v) is 9.05. The first-order valence-electron chi connectivity index (χ1n) is 9.90. The molecule has 8 nitrogen and oxygen atoms in total. The fourth-order valence-corrected chi connectivity index (χ4v) is 3.94. The molecule has 0 radical (unpaired) electrons. The summed E-state index contributed by atoms with van der Waals surface area (Å²) in [7, 11) is 5.07. The zero-order valence-electron chi connectivity index (χ0n) is 18.7. The molecule has 1 aromatic carbocycles. The highest BCUT2D eigenvalue weighted by Gasteiger charge is 2.23. The summed E-state index contributed by atoms with van der Waals surface area (Å²) in [6, 6.07) is 4.69. The van der Waals surface area contributed by atoms with Gasteiger partial charge in [-0.05, 0) is 17.7 Å². The molecule has 3 aromatic rings. The van der Waals surface area contributed by atoms with E-state index in [4.69, 9.17) is 9.47 Å². The third-order valence-corrected chi connectivity index (χ3v) is 6.04. The molecule has 0 spiro atoms. The van der Waals surface area contributed by atoms with E-state index in [2.05, 4.69) is 41.4 Å². The van der Waals surface area contributed by atoms with Crippen LogP contribution in [0.2, 0.25) is 0 Å². The number of benzene rings is 1. The van der Waals surface area contributed by atoms with Crippen LogP contribution in [0.3, 0.4) is 0 Å². The van der Waals surface area contributed by atoms with E-state index in [0.29, 0.717) is 23.9 Å². The number of nitrogens with zero attached hydrogens (tertiary/aromatic N) is 3. The Morgan fingerprint density at radius 2 is 1.87 bits per heavy atom. The number of imidazole rings is 1. The predicted octanol–water partition coefficient (Wildman–Crippen LogP) is 3.78. The van der Waals surface area contributed by atoms with Crippen molar-refractivity contribution in [1.82, 2.24) is 25.2 Å². The number of thiazole rings is 1. The first kappa shape index (κ1) is 22.6. The smallest absolute Gasteiger partial charge is 0.315 e. The quantitative estimate of drug-likeness (QED) is 0.580. The van der Waals surface area contributed by atoms with Crippen molar-refractivity contribution in [2.45, 2.75) is 38.8 Å². The van der Waals surface area contributed by atoms with Gasteiger partial charge < -0.3 is 24.7 Å². The molecule has 9 heteroatoms. The number of urea groups is 1. The number of rotatable bonds is 7. The molecule has 1 unspecified atom stereocenters. The van der Waals surface area contributed by atoms with E-state index >= 15 is 0 Å². The lowest BCUT2D eigenvalue weighted by Crippen LogP contribution is -2.39. The summed E-state index contributed by atoms with van der Waals surface area (Å²) in [6.07, 6.45) is 3.53. The van der Waals surface area contributed by atoms with E-state index in [1.165, 1.54) is 0 Å². The van der Waals surface area contributed by atoms with Crippen LogP contribution < -0.4 is 20.1 Å². The fourth-order valence-electron chi connectivity index (χ4n) is 3.03. The maximum absolute atomic E-state index is 12.8. The van der Waals surface area contributed by atoms with Gasteiger partial charge in [-0.3, -0.25) is 0 Å². The molecule has 3 rings (SSSR count). The van der Waals surface area contributed by atoms with Crippen LogP contribution >= 0.6 is 11.3 Å². The average Bonchev–Trinajstić information content (AvgIpc) is 3.39. The van der Waals surface area contributed by atoms with Gasteiger partial charge in [0, 0.05) is 36.3 Å². The van der Waals surface area contributed by atoms with E-state index in [1.54, 1.807) is 37.8 Å². The number of carbonyl (C=O) groups excluding carboxylic acids is 1. The summed E-state index contributed by atoms with van der Waals surface area (Å²) in [6.45, 7) is 6.70. The van der Waals surface area contributed by atoms with Gasteiger partial charge in [0.2, 0.25) is 0 Å². The van der Waals surface area contributed by atoms with Crippen LogP contribution in [0.15, 0.2) is 36.0 Å². The van der Waals surface area contributed by atoms with Crippen LogP contribution in [-0.2, 0) is 19.0 Å². The number of carbonyl (C=O) groups is 1. The third-order valence-electron chi connectivity index (χ3n) is 4.72. The van der Waals surface area contributed by atoms with E-state index < -0.39 is 6.04 Å². The molecule has 0 aliphatic carbocycles. The summed E-state index contributed by atoms with van der Waals surface area (Å²) in [5.41, 5.74) is 1.62. The van der Waals surface area contributed by atoms with Gasteiger partial charge >= 0.3 is 6.03 Å². The fraction of sp³-hybridized carbons (Fsp3) is 0.409. The molecule has 0 aliphatic rings. The molecule has 166 valence electrons. The zero-order valence-corrected chi connectivity index (χ0v) is 19.5. The van der Waals surface area contributed by atoms with E-state index in [-0.39, 0.29) is 11.4 Å². The highest BCUT2D eigenvalue weighted by Crippen LogP contribution is 2.29. The van der Waals surface area contributed by atoms with Crippen LogP contribution in [-0.4, -0.2) is 34.8 Å². The van der Waals surface area contributed by atoms with Crippen molar-refractivity contribution in [3.05, 3.63) is 58.1 Å².